The van der Waals surface area contributed by atoms with Gasteiger partial charge in [-0.15, -0.1) is 11.3 Å². The summed E-state index contributed by atoms with van der Waals surface area (Å²) in [6.45, 7) is 7.12. The Morgan fingerprint density at radius 3 is 2.86 bits per heavy atom. The van der Waals surface area contributed by atoms with E-state index in [1.54, 1.807) is 11.3 Å². The lowest BCUT2D eigenvalue weighted by atomic mass is 10.2. The van der Waals surface area contributed by atoms with Gasteiger partial charge in [-0.25, -0.2) is 4.98 Å². The van der Waals surface area contributed by atoms with Crippen LogP contribution in [0.2, 0.25) is 0 Å². The summed E-state index contributed by atoms with van der Waals surface area (Å²) in [7, 11) is 2.02. The van der Waals surface area contributed by atoms with Gasteiger partial charge in [-0.05, 0) is 6.92 Å². The Hall–Kier alpha value is -1.44. The van der Waals surface area contributed by atoms with E-state index in [4.69, 9.17) is 4.74 Å². The molecule has 1 saturated heterocycles. The van der Waals surface area contributed by atoms with Crippen molar-refractivity contribution in [1.82, 2.24) is 20.1 Å². The SMILES string of the molecule is Cc1nn(C)c(N2CCOCC2)c1CNCc1nccs1. The van der Waals surface area contributed by atoms with Crippen LogP contribution in [0.4, 0.5) is 5.82 Å². The Morgan fingerprint density at radius 1 is 1.33 bits per heavy atom. The number of thiazole rings is 1. The number of anilines is 1. The van der Waals surface area contributed by atoms with E-state index < -0.39 is 0 Å². The second-order valence-corrected chi connectivity index (χ2v) is 6.12. The van der Waals surface area contributed by atoms with E-state index in [0.29, 0.717) is 0 Å². The van der Waals surface area contributed by atoms with E-state index in [9.17, 15) is 0 Å². The Morgan fingerprint density at radius 2 is 2.14 bits per heavy atom. The first-order chi connectivity index (χ1) is 10.3. The Bertz CT molecular complexity index is 574. The van der Waals surface area contributed by atoms with Gasteiger partial charge in [-0.2, -0.15) is 5.10 Å². The van der Waals surface area contributed by atoms with Crippen LogP contribution in [0.5, 0.6) is 0 Å². The van der Waals surface area contributed by atoms with Gasteiger partial charge < -0.3 is 15.0 Å². The van der Waals surface area contributed by atoms with Crippen molar-refractivity contribution < 1.29 is 4.74 Å². The molecular formula is C14H21N5OS. The summed E-state index contributed by atoms with van der Waals surface area (Å²) in [5.41, 5.74) is 2.36. The molecule has 1 aliphatic heterocycles. The second-order valence-electron chi connectivity index (χ2n) is 5.14. The van der Waals surface area contributed by atoms with Crippen molar-refractivity contribution in [1.29, 1.82) is 0 Å². The third-order valence-electron chi connectivity index (χ3n) is 3.69. The zero-order valence-electron chi connectivity index (χ0n) is 12.5. The molecule has 0 aliphatic carbocycles. The lowest BCUT2D eigenvalue weighted by Gasteiger charge is -2.29. The smallest absolute Gasteiger partial charge is 0.131 e. The molecule has 1 N–H and O–H groups in total. The van der Waals surface area contributed by atoms with E-state index >= 15 is 0 Å². The van der Waals surface area contributed by atoms with Gasteiger partial charge in [-0.1, -0.05) is 0 Å². The normalized spacial score (nSPS) is 15.6. The fourth-order valence-corrected chi connectivity index (χ4v) is 3.29. The van der Waals surface area contributed by atoms with Crippen LogP contribution in [0.1, 0.15) is 16.3 Å². The number of aryl methyl sites for hydroxylation is 2. The Kier molecular flexibility index (Phi) is 4.52. The van der Waals surface area contributed by atoms with Crippen LogP contribution in [-0.2, 0) is 24.9 Å². The summed E-state index contributed by atoms with van der Waals surface area (Å²) in [5.74, 6) is 1.21. The standard InChI is InChI=1S/C14H21N5OS/c1-11-12(9-15-10-13-16-3-8-21-13)14(18(2)17-11)19-4-6-20-7-5-19/h3,8,15H,4-7,9-10H2,1-2H3. The molecule has 0 radical (unpaired) electrons. The first-order valence-electron chi connectivity index (χ1n) is 7.20. The zero-order valence-corrected chi connectivity index (χ0v) is 13.3. The van der Waals surface area contributed by atoms with E-state index in [1.165, 1.54) is 11.4 Å². The van der Waals surface area contributed by atoms with Gasteiger partial charge in [-0.3, -0.25) is 4.68 Å². The van der Waals surface area contributed by atoms with E-state index in [1.807, 2.05) is 23.3 Å². The molecule has 0 saturated carbocycles. The van der Waals surface area contributed by atoms with Crippen LogP contribution < -0.4 is 10.2 Å². The molecule has 0 bridgehead atoms. The molecule has 7 heteroatoms. The van der Waals surface area contributed by atoms with Crippen LogP contribution in [-0.4, -0.2) is 41.1 Å². The van der Waals surface area contributed by atoms with Crippen molar-refractivity contribution in [3.63, 3.8) is 0 Å². The molecular weight excluding hydrogens is 286 g/mol. The molecule has 0 atom stereocenters. The van der Waals surface area contributed by atoms with Crippen molar-refractivity contribution >= 4 is 17.2 Å². The molecule has 3 heterocycles. The van der Waals surface area contributed by atoms with Crippen LogP contribution in [0.15, 0.2) is 11.6 Å². The number of aromatic nitrogens is 3. The van der Waals surface area contributed by atoms with Gasteiger partial charge in [0.1, 0.15) is 10.8 Å². The topological polar surface area (TPSA) is 55.2 Å². The molecule has 1 aliphatic rings. The van der Waals surface area contributed by atoms with Gasteiger partial charge in [0.2, 0.25) is 0 Å². The minimum Gasteiger partial charge on any atom is -0.378 e. The van der Waals surface area contributed by atoms with Gasteiger partial charge >= 0.3 is 0 Å². The highest BCUT2D eigenvalue weighted by atomic mass is 32.1. The highest BCUT2D eigenvalue weighted by Crippen LogP contribution is 2.24. The highest BCUT2D eigenvalue weighted by Gasteiger charge is 2.20. The molecule has 6 nitrogen and oxygen atoms in total. The van der Waals surface area contributed by atoms with Crippen molar-refractivity contribution in [2.45, 2.75) is 20.0 Å². The summed E-state index contributed by atoms with van der Waals surface area (Å²) in [6.07, 6.45) is 1.84. The molecule has 0 aromatic carbocycles. The zero-order chi connectivity index (χ0) is 14.7. The third-order valence-corrected chi connectivity index (χ3v) is 4.46. The predicted molar refractivity (Wildman–Crippen MR) is 83.6 cm³/mol. The number of nitrogens with zero attached hydrogens (tertiary/aromatic N) is 4. The molecule has 21 heavy (non-hydrogen) atoms. The third kappa shape index (κ3) is 3.25. The summed E-state index contributed by atoms with van der Waals surface area (Å²) < 4.78 is 7.43. The monoisotopic (exact) mass is 307 g/mol. The maximum atomic E-state index is 5.44. The quantitative estimate of drug-likeness (QED) is 0.903. The Balaban J connectivity index is 1.71. The van der Waals surface area contributed by atoms with E-state index in [2.05, 4.69) is 27.2 Å². The van der Waals surface area contributed by atoms with Gasteiger partial charge in [0.25, 0.3) is 0 Å². The minimum atomic E-state index is 0.788. The molecule has 2 aromatic rings. The summed E-state index contributed by atoms with van der Waals surface area (Å²) in [6, 6.07) is 0. The number of rotatable bonds is 5. The molecule has 2 aromatic heterocycles. The lowest BCUT2D eigenvalue weighted by Crippen LogP contribution is -2.38. The number of morpholine rings is 1. The number of ether oxygens (including phenoxy) is 1. The van der Waals surface area contributed by atoms with Crippen LogP contribution in [0, 0.1) is 6.92 Å². The fourth-order valence-electron chi connectivity index (χ4n) is 2.70. The number of hydrogen-bond donors (Lipinski definition) is 1. The van der Waals surface area contributed by atoms with Crippen molar-refractivity contribution in [2.24, 2.45) is 7.05 Å². The molecule has 3 rings (SSSR count). The van der Waals surface area contributed by atoms with Gasteiger partial charge in [0, 0.05) is 50.4 Å². The maximum Gasteiger partial charge on any atom is 0.131 e. The average Bonchev–Trinajstić information content (AvgIpc) is 3.09. The molecule has 0 unspecified atom stereocenters. The summed E-state index contributed by atoms with van der Waals surface area (Å²) >= 11 is 1.68. The van der Waals surface area contributed by atoms with Crippen molar-refractivity contribution in [3.8, 4) is 0 Å². The second kappa shape index (κ2) is 6.55. The van der Waals surface area contributed by atoms with Crippen molar-refractivity contribution in [3.05, 3.63) is 27.8 Å². The number of hydrogen-bond acceptors (Lipinski definition) is 6. The average molecular weight is 307 g/mol. The highest BCUT2D eigenvalue weighted by molar-refractivity contribution is 7.09. The lowest BCUT2D eigenvalue weighted by molar-refractivity contribution is 0.122. The summed E-state index contributed by atoms with van der Waals surface area (Å²) in [5, 5.41) is 11.2. The van der Waals surface area contributed by atoms with E-state index in [-0.39, 0.29) is 0 Å². The largest absolute Gasteiger partial charge is 0.378 e. The maximum absolute atomic E-state index is 5.44. The first kappa shape index (κ1) is 14.5. The first-order valence-corrected chi connectivity index (χ1v) is 8.08. The Labute approximate surface area is 128 Å². The van der Waals surface area contributed by atoms with Gasteiger partial charge in [0.05, 0.1) is 18.9 Å². The minimum absolute atomic E-state index is 0.788. The van der Waals surface area contributed by atoms with E-state index in [0.717, 1.165) is 50.1 Å². The van der Waals surface area contributed by atoms with Crippen molar-refractivity contribution in [2.75, 3.05) is 31.2 Å². The fraction of sp³-hybridized carbons (Fsp3) is 0.571. The molecule has 114 valence electrons. The van der Waals surface area contributed by atoms with Gasteiger partial charge in [0.15, 0.2) is 0 Å². The molecule has 0 amide bonds. The predicted octanol–water partition coefficient (Wildman–Crippen LogP) is 1.31. The summed E-state index contributed by atoms with van der Waals surface area (Å²) in [4.78, 5) is 6.66. The molecule has 0 spiro atoms. The molecule has 1 fully saturated rings. The number of nitrogens with one attached hydrogen (secondary N) is 1. The van der Waals surface area contributed by atoms with Crippen LogP contribution in [0.25, 0.3) is 0 Å². The van der Waals surface area contributed by atoms with Crippen LogP contribution >= 0.6 is 11.3 Å². The van der Waals surface area contributed by atoms with Crippen LogP contribution in [0.3, 0.4) is 0 Å².